The molecule has 102 valence electrons. The molecule has 10 nitrogen and oxygen atoms in total. The fourth-order valence-electron chi connectivity index (χ4n) is 1.15. The Balaban J connectivity index is 2.34. The Morgan fingerprint density at radius 2 is 2.21 bits per heavy atom. The third kappa shape index (κ3) is 2.63. The lowest BCUT2D eigenvalue weighted by atomic mass is 10.5. The highest BCUT2D eigenvalue weighted by Gasteiger charge is 2.26. The van der Waals surface area contributed by atoms with Crippen molar-refractivity contribution in [2.75, 3.05) is 10.5 Å². The third-order valence-electron chi connectivity index (χ3n) is 1.93. The molecule has 0 saturated carbocycles. The molecular formula is C7H7N5O5S2. The number of nitrogens with two attached hydrogens (primary N) is 1. The van der Waals surface area contributed by atoms with E-state index in [0.29, 0.717) is 11.3 Å². The van der Waals surface area contributed by atoms with E-state index in [1.165, 1.54) is 6.92 Å². The van der Waals surface area contributed by atoms with Gasteiger partial charge in [0.25, 0.3) is 10.0 Å². The highest BCUT2D eigenvalue weighted by Crippen LogP contribution is 2.34. The molecule has 2 aromatic rings. The fraction of sp³-hybridized carbons (Fsp3) is 0.143. The van der Waals surface area contributed by atoms with Crippen molar-refractivity contribution >= 4 is 38.1 Å². The zero-order valence-corrected chi connectivity index (χ0v) is 11.0. The number of nitrogens with one attached hydrogen (secondary N) is 1. The Labute approximate surface area is 110 Å². The largest absolute Gasteiger partial charge is 0.408 e. The number of hydrogen-bond donors (Lipinski definition) is 2. The summed E-state index contributed by atoms with van der Waals surface area (Å²) in [5, 5.41) is 17.3. The van der Waals surface area contributed by atoms with Crippen LogP contribution in [0.15, 0.2) is 14.7 Å². The molecule has 0 spiro atoms. The molecule has 3 N–H and O–H groups in total. The van der Waals surface area contributed by atoms with Gasteiger partial charge in [-0.2, -0.15) is 0 Å². The van der Waals surface area contributed by atoms with E-state index in [1.807, 2.05) is 4.72 Å². The number of rotatable bonds is 4. The van der Waals surface area contributed by atoms with Crippen LogP contribution in [-0.2, 0) is 10.0 Å². The Morgan fingerprint density at radius 3 is 2.68 bits per heavy atom. The average Bonchev–Trinajstić information content (AvgIpc) is 2.84. The van der Waals surface area contributed by atoms with Crippen LogP contribution in [0.25, 0.3) is 0 Å². The van der Waals surface area contributed by atoms with Crippen LogP contribution in [0.4, 0.5) is 16.7 Å². The molecule has 0 bridgehead atoms. The first-order valence-corrected chi connectivity index (χ1v) is 6.96. The summed E-state index contributed by atoms with van der Waals surface area (Å²) in [7, 11) is -4.05. The molecule has 2 heterocycles. The molecular weight excluding hydrogens is 298 g/mol. The fourth-order valence-corrected chi connectivity index (χ4v) is 3.29. The molecule has 12 heteroatoms. The highest BCUT2D eigenvalue weighted by atomic mass is 32.2. The Hall–Kier alpha value is -2.21. The predicted molar refractivity (Wildman–Crippen MR) is 65.2 cm³/mol. The number of hydrogen-bond acceptors (Lipinski definition) is 9. The van der Waals surface area contributed by atoms with E-state index < -0.39 is 20.6 Å². The minimum Gasteiger partial charge on any atom is -0.408 e. The second-order valence-corrected chi connectivity index (χ2v) is 6.30. The minimum atomic E-state index is -4.05. The van der Waals surface area contributed by atoms with E-state index in [0.717, 1.165) is 6.07 Å². The van der Waals surface area contributed by atoms with Gasteiger partial charge in [0.15, 0.2) is 5.00 Å². The van der Waals surface area contributed by atoms with Crippen LogP contribution in [-0.4, -0.2) is 23.5 Å². The Bertz CT molecular complexity index is 733. The molecule has 0 fully saturated rings. The van der Waals surface area contributed by atoms with Gasteiger partial charge in [-0.1, -0.05) is 16.4 Å². The number of anilines is 2. The Kier molecular flexibility index (Phi) is 3.11. The quantitative estimate of drug-likeness (QED) is 0.618. The summed E-state index contributed by atoms with van der Waals surface area (Å²) >= 11 is 0.571. The third-order valence-corrected chi connectivity index (χ3v) is 4.67. The molecule has 0 atom stereocenters. The van der Waals surface area contributed by atoms with Gasteiger partial charge in [-0.25, -0.2) is 13.1 Å². The molecule has 2 rings (SSSR count). The molecule has 0 unspecified atom stereocenters. The zero-order valence-electron chi connectivity index (χ0n) is 9.35. The van der Waals surface area contributed by atoms with Gasteiger partial charge in [-0.3, -0.25) is 10.1 Å². The van der Waals surface area contributed by atoms with E-state index in [2.05, 4.69) is 10.2 Å². The van der Waals surface area contributed by atoms with Gasteiger partial charge in [0.1, 0.15) is 4.21 Å². The maximum Gasteiger partial charge on any atom is 0.329 e. The second-order valence-electron chi connectivity index (χ2n) is 3.30. The minimum absolute atomic E-state index is 0.175. The summed E-state index contributed by atoms with van der Waals surface area (Å²) in [6.07, 6.45) is 0. The monoisotopic (exact) mass is 305 g/mol. The van der Waals surface area contributed by atoms with Crippen molar-refractivity contribution in [3.05, 3.63) is 22.1 Å². The van der Waals surface area contributed by atoms with Crippen LogP contribution in [0, 0.1) is 17.0 Å². The molecule has 0 amide bonds. The summed E-state index contributed by atoms with van der Waals surface area (Å²) in [5.41, 5.74) is 4.90. The van der Waals surface area contributed by atoms with Gasteiger partial charge < -0.3 is 10.2 Å². The first kappa shape index (κ1) is 13.2. The van der Waals surface area contributed by atoms with Crippen molar-refractivity contribution in [3.8, 4) is 0 Å². The number of nitrogen functional groups attached to an aromatic ring is 1. The van der Waals surface area contributed by atoms with Crippen molar-refractivity contribution in [3.63, 3.8) is 0 Å². The van der Waals surface area contributed by atoms with Crippen molar-refractivity contribution in [2.24, 2.45) is 0 Å². The highest BCUT2D eigenvalue weighted by molar-refractivity contribution is 7.94. The SMILES string of the molecule is Cc1nnc(NS(=O)(=O)c2cc([N+](=O)[O-])c(N)s2)o1. The van der Waals surface area contributed by atoms with E-state index in [4.69, 9.17) is 10.2 Å². The van der Waals surface area contributed by atoms with Crippen molar-refractivity contribution < 1.29 is 17.8 Å². The number of thiophene rings is 1. The summed E-state index contributed by atoms with van der Waals surface area (Å²) in [5.74, 6) is 0.175. The second kappa shape index (κ2) is 4.47. The van der Waals surface area contributed by atoms with Gasteiger partial charge in [-0.05, 0) is 0 Å². The van der Waals surface area contributed by atoms with Crippen LogP contribution in [0.1, 0.15) is 5.89 Å². The van der Waals surface area contributed by atoms with E-state index in [9.17, 15) is 18.5 Å². The number of aromatic nitrogens is 2. The van der Waals surface area contributed by atoms with Crippen LogP contribution in [0.2, 0.25) is 0 Å². The average molecular weight is 305 g/mol. The number of nitrogens with zero attached hydrogens (tertiary/aromatic N) is 3. The standard InChI is InChI=1S/C7H7N5O5S2/c1-3-9-10-7(17-3)11-19(15,16)5-2-4(12(13)14)6(8)18-5/h2H,8H2,1H3,(H,10,11). The maximum absolute atomic E-state index is 11.9. The number of sulfonamides is 1. The Morgan fingerprint density at radius 1 is 1.53 bits per heavy atom. The molecule has 19 heavy (non-hydrogen) atoms. The van der Waals surface area contributed by atoms with Crippen LogP contribution >= 0.6 is 11.3 Å². The van der Waals surface area contributed by atoms with E-state index >= 15 is 0 Å². The molecule has 0 saturated heterocycles. The van der Waals surface area contributed by atoms with E-state index in [-0.39, 0.29) is 21.1 Å². The normalized spacial score (nSPS) is 11.4. The van der Waals surface area contributed by atoms with Gasteiger partial charge in [0.05, 0.1) is 4.92 Å². The van der Waals surface area contributed by atoms with Gasteiger partial charge in [0, 0.05) is 13.0 Å². The topological polar surface area (TPSA) is 154 Å². The smallest absolute Gasteiger partial charge is 0.329 e. The van der Waals surface area contributed by atoms with Crippen LogP contribution in [0.3, 0.4) is 0 Å². The number of nitro groups is 1. The molecule has 0 aliphatic rings. The summed E-state index contributed by atoms with van der Waals surface area (Å²) in [6.45, 7) is 1.48. The molecule has 2 aromatic heterocycles. The first-order valence-electron chi connectivity index (χ1n) is 4.66. The van der Waals surface area contributed by atoms with Crippen molar-refractivity contribution in [1.29, 1.82) is 0 Å². The molecule has 0 aliphatic heterocycles. The maximum atomic E-state index is 11.9. The van der Waals surface area contributed by atoms with Crippen molar-refractivity contribution in [1.82, 2.24) is 10.2 Å². The molecule has 0 radical (unpaired) electrons. The van der Waals surface area contributed by atoms with Gasteiger partial charge in [-0.15, -0.1) is 5.10 Å². The zero-order chi connectivity index (χ0) is 14.2. The molecule has 0 aliphatic carbocycles. The van der Waals surface area contributed by atoms with E-state index in [1.54, 1.807) is 0 Å². The molecule has 0 aromatic carbocycles. The summed E-state index contributed by atoms with van der Waals surface area (Å²) in [4.78, 5) is 9.84. The summed E-state index contributed by atoms with van der Waals surface area (Å²) in [6, 6.07) is 0.540. The lowest BCUT2D eigenvalue weighted by Crippen LogP contribution is -2.11. The summed E-state index contributed by atoms with van der Waals surface area (Å²) < 4.78 is 30.3. The lowest BCUT2D eigenvalue weighted by Gasteiger charge is -1.99. The van der Waals surface area contributed by atoms with Gasteiger partial charge >= 0.3 is 11.7 Å². The lowest BCUT2D eigenvalue weighted by molar-refractivity contribution is -0.383. The first-order chi connectivity index (χ1) is 8.79. The van der Waals surface area contributed by atoms with Crippen LogP contribution < -0.4 is 10.5 Å². The number of aryl methyl sites for hydroxylation is 1. The van der Waals surface area contributed by atoms with Gasteiger partial charge in [0.2, 0.25) is 5.89 Å². The van der Waals surface area contributed by atoms with Crippen molar-refractivity contribution in [2.45, 2.75) is 11.1 Å². The predicted octanol–water partition coefficient (Wildman–Crippen LogP) is 0.731. The van der Waals surface area contributed by atoms with Crippen LogP contribution in [0.5, 0.6) is 0 Å².